The van der Waals surface area contributed by atoms with Gasteiger partial charge in [-0.3, -0.25) is 9.69 Å². The second-order valence-corrected chi connectivity index (χ2v) is 7.26. The van der Waals surface area contributed by atoms with Gasteiger partial charge in [0.2, 0.25) is 0 Å². The first-order chi connectivity index (χ1) is 9.79. The zero-order valence-electron chi connectivity index (χ0n) is 13.4. The van der Waals surface area contributed by atoms with Crippen LogP contribution in [0.2, 0.25) is 0 Å². The lowest BCUT2D eigenvalue weighted by molar-refractivity contribution is 0.100. The standard InChI is InChI=1S/C14H26N4OS2/c1-8(2)18(9(3)4)7-6-17-14-12(20-5)10(15)11(21-14)13(16)19/h8-9,17H,6-7,15H2,1-5H3,(H2,16,19). The van der Waals surface area contributed by atoms with Gasteiger partial charge in [-0.05, 0) is 34.0 Å². The van der Waals surface area contributed by atoms with E-state index in [-0.39, 0.29) is 0 Å². The lowest BCUT2D eigenvalue weighted by Crippen LogP contribution is -2.40. The van der Waals surface area contributed by atoms with Crippen LogP contribution in [0.25, 0.3) is 0 Å². The summed E-state index contributed by atoms with van der Waals surface area (Å²) in [5, 5.41) is 4.32. The van der Waals surface area contributed by atoms with E-state index >= 15 is 0 Å². The predicted molar refractivity (Wildman–Crippen MR) is 94.5 cm³/mol. The first kappa shape index (κ1) is 18.1. The molecule has 21 heavy (non-hydrogen) atoms. The van der Waals surface area contributed by atoms with Crippen LogP contribution >= 0.6 is 23.1 Å². The van der Waals surface area contributed by atoms with Crippen LogP contribution in [0.15, 0.2) is 4.90 Å². The van der Waals surface area contributed by atoms with Crippen molar-refractivity contribution in [1.82, 2.24) is 4.90 Å². The second-order valence-electron chi connectivity index (χ2n) is 5.42. The number of nitrogens with one attached hydrogen (secondary N) is 1. The number of primary amides is 1. The van der Waals surface area contributed by atoms with Crippen LogP contribution in [0, 0.1) is 0 Å². The first-order valence-electron chi connectivity index (χ1n) is 7.05. The minimum Gasteiger partial charge on any atom is -0.396 e. The fourth-order valence-corrected chi connectivity index (χ4v) is 4.25. The van der Waals surface area contributed by atoms with E-state index in [1.165, 1.54) is 23.1 Å². The number of thioether (sulfide) groups is 1. The van der Waals surface area contributed by atoms with Gasteiger partial charge in [0.1, 0.15) is 9.88 Å². The Labute approximate surface area is 135 Å². The molecular formula is C14H26N4OS2. The quantitative estimate of drug-likeness (QED) is 0.638. The smallest absolute Gasteiger partial charge is 0.261 e. The Hall–Kier alpha value is -0.920. The van der Waals surface area contributed by atoms with Gasteiger partial charge < -0.3 is 16.8 Å². The van der Waals surface area contributed by atoms with Crippen LogP contribution in [0.3, 0.4) is 0 Å². The first-order valence-corrected chi connectivity index (χ1v) is 9.09. The van der Waals surface area contributed by atoms with Gasteiger partial charge in [-0.1, -0.05) is 0 Å². The summed E-state index contributed by atoms with van der Waals surface area (Å²) in [4.78, 5) is 15.1. The summed E-state index contributed by atoms with van der Waals surface area (Å²) >= 11 is 2.87. The lowest BCUT2D eigenvalue weighted by Gasteiger charge is -2.30. The summed E-state index contributed by atoms with van der Waals surface area (Å²) in [5.41, 5.74) is 11.8. The minimum absolute atomic E-state index is 0.437. The highest BCUT2D eigenvalue weighted by atomic mass is 32.2. The maximum atomic E-state index is 11.4. The molecule has 0 atom stereocenters. The van der Waals surface area contributed by atoms with Gasteiger partial charge in [-0.25, -0.2) is 0 Å². The number of amides is 1. The van der Waals surface area contributed by atoms with E-state index in [9.17, 15) is 4.79 Å². The Kier molecular flexibility index (Phi) is 6.83. The van der Waals surface area contributed by atoms with Crippen LogP contribution in [0.4, 0.5) is 10.7 Å². The van der Waals surface area contributed by atoms with Gasteiger partial charge in [0.05, 0.1) is 10.6 Å². The number of thiophene rings is 1. The normalized spacial score (nSPS) is 11.6. The van der Waals surface area contributed by atoms with Crippen molar-refractivity contribution in [2.45, 2.75) is 44.7 Å². The van der Waals surface area contributed by atoms with Gasteiger partial charge in [-0.2, -0.15) is 0 Å². The topological polar surface area (TPSA) is 84.4 Å². The highest BCUT2D eigenvalue weighted by Gasteiger charge is 2.19. The number of nitrogens with zero attached hydrogens (tertiary/aromatic N) is 1. The van der Waals surface area contributed by atoms with Gasteiger partial charge in [0.15, 0.2) is 0 Å². The van der Waals surface area contributed by atoms with Crippen molar-refractivity contribution in [1.29, 1.82) is 0 Å². The number of carbonyl (C=O) groups excluding carboxylic acids is 1. The monoisotopic (exact) mass is 330 g/mol. The van der Waals surface area contributed by atoms with Crippen LogP contribution in [-0.2, 0) is 0 Å². The molecule has 7 heteroatoms. The number of nitrogens with two attached hydrogens (primary N) is 2. The van der Waals surface area contributed by atoms with E-state index in [4.69, 9.17) is 11.5 Å². The average molecular weight is 331 g/mol. The molecule has 0 bridgehead atoms. The lowest BCUT2D eigenvalue weighted by atomic mass is 10.2. The Morgan fingerprint density at radius 1 is 1.33 bits per heavy atom. The third-order valence-corrected chi connectivity index (χ3v) is 5.45. The summed E-state index contributed by atoms with van der Waals surface area (Å²) in [7, 11) is 0. The minimum atomic E-state index is -0.466. The maximum absolute atomic E-state index is 11.4. The molecule has 0 saturated heterocycles. The Balaban J connectivity index is 2.75. The van der Waals surface area contributed by atoms with Gasteiger partial charge >= 0.3 is 0 Å². The maximum Gasteiger partial charge on any atom is 0.261 e. The molecule has 1 aromatic rings. The van der Waals surface area contributed by atoms with E-state index in [2.05, 4.69) is 37.9 Å². The summed E-state index contributed by atoms with van der Waals surface area (Å²) in [6, 6.07) is 1.00. The summed E-state index contributed by atoms with van der Waals surface area (Å²) in [6.07, 6.45) is 1.95. The molecule has 0 aliphatic rings. The van der Waals surface area contributed by atoms with Crippen molar-refractivity contribution in [3.8, 4) is 0 Å². The SMILES string of the molecule is CSc1c(NCCN(C(C)C)C(C)C)sc(C(N)=O)c1N. The predicted octanol–water partition coefficient (Wildman–Crippen LogP) is 2.68. The van der Waals surface area contributed by atoms with Crippen LogP contribution < -0.4 is 16.8 Å². The number of anilines is 2. The molecule has 5 nitrogen and oxygen atoms in total. The summed E-state index contributed by atoms with van der Waals surface area (Å²) in [5.74, 6) is -0.466. The number of hydrogen-bond donors (Lipinski definition) is 3. The van der Waals surface area contributed by atoms with Crippen LogP contribution in [-0.4, -0.2) is 42.2 Å². The zero-order chi connectivity index (χ0) is 16.2. The molecule has 120 valence electrons. The highest BCUT2D eigenvalue weighted by molar-refractivity contribution is 7.99. The molecule has 0 radical (unpaired) electrons. The largest absolute Gasteiger partial charge is 0.396 e. The van der Waals surface area contributed by atoms with Crippen LogP contribution in [0.1, 0.15) is 37.4 Å². The number of hydrogen-bond acceptors (Lipinski definition) is 6. The van der Waals surface area contributed by atoms with Gasteiger partial charge in [-0.15, -0.1) is 23.1 Å². The van der Waals surface area contributed by atoms with Crippen LogP contribution in [0.5, 0.6) is 0 Å². The van der Waals surface area contributed by atoms with Crippen molar-refractivity contribution < 1.29 is 4.79 Å². The molecule has 0 aliphatic carbocycles. The van der Waals surface area contributed by atoms with Gasteiger partial charge in [0, 0.05) is 25.2 Å². The molecule has 0 saturated carbocycles. The number of carbonyl (C=O) groups is 1. The fraction of sp³-hybridized carbons (Fsp3) is 0.643. The molecule has 0 aromatic carbocycles. The van der Waals surface area contributed by atoms with E-state index in [1.54, 1.807) is 0 Å². The van der Waals surface area contributed by atoms with Crippen molar-refractivity contribution >= 4 is 39.7 Å². The average Bonchev–Trinajstić information content (AvgIpc) is 2.70. The van der Waals surface area contributed by atoms with Crippen molar-refractivity contribution in [2.24, 2.45) is 5.73 Å². The van der Waals surface area contributed by atoms with Crippen molar-refractivity contribution in [2.75, 3.05) is 30.4 Å². The zero-order valence-corrected chi connectivity index (χ0v) is 15.0. The molecule has 0 aliphatic heterocycles. The Morgan fingerprint density at radius 2 is 1.90 bits per heavy atom. The molecule has 1 aromatic heterocycles. The Bertz CT molecular complexity index is 478. The third-order valence-electron chi connectivity index (χ3n) is 3.31. The molecule has 0 spiro atoms. The highest BCUT2D eigenvalue weighted by Crippen LogP contribution is 2.41. The van der Waals surface area contributed by atoms with E-state index in [0.29, 0.717) is 22.6 Å². The summed E-state index contributed by atoms with van der Waals surface area (Å²) < 4.78 is 0. The number of nitrogen functional groups attached to an aromatic ring is 1. The van der Waals surface area contributed by atoms with Gasteiger partial charge in [0.25, 0.3) is 5.91 Å². The second kappa shape index (κ2) is 7.91. The Morgan fingerprint density at radius 3 is 2.33 bits per heavy atom. The van der Waals surface area contributed by atoms with E-state index < -0.39 is 5.91 Å². The van der Waals surface area contributed by atoms with E-state index in [0.717, 1.165) is 23.0 Å². The molecular weight excluding hydrogens is 304 g/mol. The third kappa shape index (κ3) is 4.52. The number of rotatable bonds is 8. The fourth-order valence-electron chi connectivity index (χ4n) is 2.34. The van der Waals surface area contributed by atoms with E-state index in [1.807, 2.05) is 6.26 Å². The molecule has 5 N–H and O–H groups in total. The molecule has 0 unspecified atom stereocenters. The molecule has 1 rings (SSSR count). The molecule has 0 fully saturated rings. The molecule has 1 heterocycles. The van der Waals surface area contributed by atoms with Crippen molar-refractivity contribution in [3.63, 3.8) is 0 Å². The molecule has 1 amide bonds. The van der Waals surface area contributed by atoms with Crippen molar-refractivity contribution in [3.05, 3.63) is 4.88 Å². The summed E-state index contributed by atoms with van der Waals surface area (Å²) in [6.45, 7) is 10.5.